The topological polar surface area (TPSA) is 98.0 Å². The van der Waals surface area contributed by atoms with Crippen LogP contribution in [0, 0.1) is 6.92 Å². The molecule has 218 valence electrons. The van der Waals surface area contributed by atoms with Crippen molar-refractivity contribution < 1.29 is 19.1 Å². The third kappa shape index (κ3) is 5.26. The number of aromatic amines is 1. The molecule has 0 aliphatic carbocycles. The number of ether oxygens (including phenoxy) is 1. The third-order valence-electron chi connectivity index (χ3n) is 8.80. The van der Waals surface area contributed by atoms with E-state index in [0.29, 0.717) is 48.7 Å². The number of fused-ring (bicyclic) bond motifs is 1. The van der Waals surface area contributed by atoms with Gasteiger partial charge < -0.3 is 29.7 Å². The smallest absolute Gasteiger partial charge is 0.256 e. The third-order valence-corrected chi connectivity index (χ3v) is 8.80. The Morgan fingerprint density at radius 3 is 2.55 bits per heavy atom. The number of carbonyl (C=O) groups is 3. The molecule has 3 aliphatic heterocycles. The molecule has 0 bridgehead atoms. The van der Waals surface area contributed by atoms with Crippen molar-refractivity contribution in [3.63, 3.8) is 0 Å². The summed E-state index contributed by atoms with van der Waals surface area (Å²) in [6, 6.07) is 13.6. The summed E-state index contributed by atoms with van der Waals surface area (Å²) in [5.41, 5.74) is 6.47. The molecule has 3 aliphatic rings. The van der Waals surface area contributed by atoms with Crippen LogP contribution in [0.15, 0.2) is 48.7 Å². The minimum Gasteiger partial charge on any atom is -0.378 e. The first-order valence-electron chi connectivity index (χ1n) is 14.6. The van der Waals surface area contributed by atoms with Crippen LogP contribution < -0.4 is 5.32 Å². The molecule has 3 aromatic rings. The van der Waals surface area contributed by atoms with E-state index < -0.39 is 0 Å². The highest BCUT2D eigenvalue weighted by molar-refractivity contribution is 6.36. The van der Waals surface area contributed by atoms with E-state index in [9.17, 15) is 14.4 Å². The van der Waals surface area contributed by atoms with E-state index >= 15 is 0 Å². The molecule has 0 saturated carbocycles. The first-order chi connectivity index (χ1) is 20.3. The van der Waals surface area contributed by atoms with Gasteiger partial charge in [-0.25, -0.2) is 0 Å². The fraction of sp³-hybridized carbons (Fsp3) is 0.364. The second kappa shape index (κ2) is 11.6. The molecule has 4 heterocycles. The minimum absolute atomic E-state index is 0.00317. The van der Waals surface area contributed by atoms with Gasteiger partial charge in [0.25, 0.3) is 17.7 Å². The van der Waals surface area contributed by atoms with Crippen molar-refractivity contribution in [2.45, 2.75) is 25.8 Å². The number of hydrogen-bond acceptors (Lipinski definition) is 5. The average Bonchev–Trinajstić information content (AvgIpc) is 3.55. The molecule has 2 fully saturated rings. The predicted molar refractivity (Wildman–Crippen MR) is 163 cm³/mol. The van der Waals surface area contributed by atoms with E-state index in [1.807, 2.05) is 67.4 Å². The summed E-state index contributed by atoms with van der Waals surface area (Å²) in [5.74, 6) is -0.245. The van der Waals surface area contributed by atoms with Crippen molar-refractivity contribution >= 4 is 35.1 Å². The molecule has 9 heteroatoms. The van der Waals surface area contributed by atoms with Crippen LogP contribution in [-0.2, 0) is 9.53 Å². The van der Waals surface area contributed by atoms with Gasteiger partial charge in [-0.3, -0.25) is 14.4 Å². The van der Waals surface area contributed by atoms with Crippen LogP contribution in [0.4, 0.5) is 5.69 Å². The number of benzene rings is 2. The highest BCUT2D eigenvalue weighted by Crippen LogP contribution is 2.41. The number of nitrogens with zero attached hydrogens (tertiary/aromatic N) is 3. The van der Waals surface area contributed by atoms with Gasteiger partial charge in [-0.05, 0) is 80.9 Å². The molecule has 2 N–H and O–H groups in total. The summed E-state index contributed by atoms with van der Waals surface area (Å²) in [4.78, 5) is 49.1. The number of rotatable bonds is 5. The van der Waals surface area contributed by atoms with Crippen molar-refractivity contribution in [3.05, 3.63) is 76.6 Å². The van der Waals surface area contributed by atoms with Gasteiger partial charge in [0.1, 0.15) is 0 Å². The van der Waals surface area contributed by atoms with Crippen LogP contribution in [-0.4, -0.2) is 96.9 Å². The van der Waals surface area contributed by atoms with Gasteiger partial charge in [-0.1, -0.05) is 24.3 Å². The Morgan fingerprint density at radius 1 is 1.05 bits per heavy atom. The molecule has 2 aromatic carbocycles. The monoisotopic (exact) mass is 567 g/mol. The lowest BCUT2D eigenvalue weighted by Gasteiger charge is -2.35. The Hall–Kier alpha value is -4.21. The van der Waals surface area contributed by atoms with Crippen molar-refractivity contribution in [1.29, 1.82) is 0 Å². The first kappa shape index (κ1) is 27.9. The standard InChI is InChI=1S/C33H37N5O4/c1-21-27(33(41)38-14-16-42-17-15-38)20-34-29(21)19-26-30-25(8-5-9-28(30)35-31(26)39)22-6-4-7-23(18-22)32(40)37(3)24-10-12-36(2)13-11-24/h4-9,18-20,24,34H,10-17H2,1-3H3,(H,35,39). The fourth-order valence-corrected chi connectivity index (χ4v) is 6.16. The van der Waals surface area contributed by atoms with Crippen molar-refractivity contribution in [1.82, 2.24) is 19.7 Å². The van der Waals surface area contributed by atoms with Crippen LogP contribution in [0.3, 0.4) is 0 Å². The summed E-state index contributed by atoms with van der Waals surface area (Å²) < 4.78 is 5.39. The van der Waals surface area contributed by atoms with E-state index in [4.69, 9.17) is 4.74 Å². The van der Waals surface area contributed by atoms with E-state index in [1.54, 1.807) is 11.1 Å². The second-order valence-corrected chi connectivity index (χ2v) is 11.4. The Kier molecular flexibility index (Phi) is 7.70. The molecule has 1 aromatic heterocycles. The second-order valence-electron chi connectivity index (χ2n) is 11.4. The first-order valence-corrected chi connectivity index (χ1v) is 14.6. The van der Waals surface area contributed by atoms with E-state index in [2.05, 4.69) is 22.2 Å². The van der Waals surface area contributed by atoms with Crippen molar-refractivity contribution in [2.75, 3.05) is 58.8 Å². The summed E-state index contributed by atoms with van der Waals surface area (Å²) in [5, 5.41) is 2.99. The zero-order chi connectivity index (χ0) is 29.4. The van der Waals surface area contributed by atoms with Gasteiger partial charge in [0.2, 0.25) is 0 Å². The van der Waals surface area contributed by atoms with Crippen LogP contribution >= 0.6 is 0 Å². The Bertz CT molecular complexity index is 1560. The Balaban J connectivity index is 1.31. The highest BCUT2D eigenvalue weighted by atomic mass is 16.5. The maximum atomic E-state index is 13.5. The number of H-pyrrole nitrogens is 1. The minimum atomic E-state index is -0.207. The molecule has 0 unspecified atom stereocenters. The number of morpholine rings is 1. The molecular weight excluding hydrogens is 530 g/mol. The lowest BCUT2D eigenvalue weighted by Crippen LogP contribution is -2.44. The van der Waals surface area contributed by atoms with Gasteiger partial charge in [-0.2, -0.15) is 0 Å². The van der Waals surface area contributed by atoms with Gasteiger partial charge in [0.05, 0.1) is 24.4 Å². The summed E-state index contributed by atoms with van der Waals surface area (Å²) in [6.45, 7) is 6.06. The zero-order valence-electron chi connectivity index (χ0n) is 24.4. The molecule has 3 amide bonds. The highest BCUT2D eigenvalue weighted by Gasteiger charge is 2.30. The van der Waals surface area contributed by atoms with Gasteiger partial charge in [-0.15, -0.1) is 0 Å². The summed E-state index contributed by atoms with van der Waals surface area (Å²) in [6.07, 6.45) is 5.46. The number of likely N-dealkylation sites (tertiary alicyclic amines) is 1. The van der Waals surface area contributed by atoms with E-state index in [1.165, 1.54) is 0 Å². The van der Waals surface area contributed by atoms with Gasteiger partial charge in [0.15, 0.2) is 0 Å². The maximum Gasteiger partial charge on any atom is 0.256 e. The molecule has 0 spiro atoms. The van der Waals surface area contributed by atoms with E-state index in [0.717, 1.165) is 53.9 Å². The fourth-order valence-electron chi connectivity index (χ4n) is 6.16. The Morgan fingerprint density at radius 2 is 1.79 bits per heavy atom. The molecule has 9 nitrogen and oxygen atoms in total. The largest absolute Gasteiger partial charge is 0.378 e. The number of anilines is 1. The van der Waals surface area contributed by atoms with Crippen LogP contribution in [0.5, 0.6) is 0 Å². The summed E-state index contributed by atoms with van der Waals surface area (Å²) >= 11 is 0. The lowest BCUT2D eigenvalue weighted by molar-refractivity contribution is -0.110. The van der Waals surface area contributed by atoms with Gasteiger partial charge >= 0.3 is 0 Å². The lowest BCUT2D eigenvalue weighted by atomic mass is 9.93. The van der Waals surface area contributed by atoms with Gasteiger partial charge in [0, 0.05) is 54.9 Å². The predicted octanol–water partition coefficient (Wildman–Crippen LogP) is 4.12. The average molecular weight is 568 g/mol. The molecule has 6 rings (SSSR count). The van der Waals surface area contributed by atoms with Crippen LogP contribution in [0.2, 0.25) is 0 Å². The molecule has 0 radical (unpaired) electrons. The maximum absolute atomic E-state index is 13.5. The number of carbonyl (C=O) groups excluding carboxylic acids is 3. The quantitative estimate of drug-likeness (QED) is 0.452. The number of hydrogen-bond donors (Lipinski definition) is 2. The molecule has 0 atom stereocenters. The number of amides is 3. The molecule has 2 saturated heterocycles. The van der Waals surface area contributed by atoms with Crippen LogP contribution in [0.25, 0.3) is 22.8 Å². The number of aromatic nitrogens is 1. The van der Waals surface area contributed by atoms with Crippen molar-refractivity contribution in [2.24, 2.45) is 0 Å². The van der Waals surface area contributed by atoms with Crippen LogP contribution in [0.1, 0.15) is 50.4 Å². The molecular formula is C33H37N5O4. The SMILES string of the molecule is Cc1c(C(=O)N2CCOCC2)c[nH]c1C=C1C(=O)Nc2cccc(-c3cccc(C(=O)N(C)C4CCN(C)CC4)c3)c21. The normalized spacial score (nSPS) is 18.7. The summed E-state index contributed by atoms with van der Waals surface area (Å²) in [7, 11) is 4.01. The molecule has 42 heavy (non-hydrogen) atoms. The number of nitrogens with one attached hydrogen (secondary N) is 2. The Labute approximate surface area is 246 Å². The van der Waals surface area contributed by atoms with E-state index in [-0.39, 0.29) is 23.8 Å². The number of piperidine rings is 1. The van der Waals surface area contributed by atoms with Crippen molar-refractivity contribution in [3.8, 4) is 11.1 Å². The zero-order valence-corrected chi connectivity index (χ0v) is 24.4.